The molecule has 0 N–H and O–H groups in total. The molecule has 10 aromatic rings. The number of furan rings is 1. The highest BCUT2D eigenvalue weighted by molar-refractivity contribution is 6.17. The molecule has 4 nitrogen and oxygen atoms in total. The number of hydrogen-bond donors (Lipinski definition) is 0. The molecule has 0 amide bonds. The second kappa shape index (κ2) is 11.0. The van der Waals surface area contributed by atoms with Gasteiger partial charge in [0, 0.05) is 27.5 Å². The summed E-state index contributed by atoms with van der Waals surface area (Å²) in [4.78, 5) is 15.5. The smallest absolute Gasteiger partial charge is 0.164 e. The van der Waals surface area contributed by atoms with Crippen LogP contribution in [-0.4, -0.2) is 15.0 Å². The summed E-state index contributed by atoms with van der Waals surface area (Å²) in [6.45, 7) is 0. The maximum Gasteiger partial charge on any atom is 0.164 e. The van der Waals surface area contributed by atoms with E-state index in [2.05, 4.69) is 103 Å². The van der Waals surface area contributed by atoms with E-state index in [1.54, 1.807) is 0 Å². The molecule has 0 bridgehead atoms. The maximum atomic E-state index is 6.25. The molecule has 0 unspecified atom stereocenters. The van der Waals surface area contributed by atoms with Gasteiger partial charge in [0.05, 0.1) is 0 Å². The van der Waals surface area contributed by atoms with Crippen molar-refractivity contribution in [1.29, 1.82) is 0 Å². The third kappa shape index (κ3) is 4.49. The Morgan fingerprint density at radius 1 is 0.327 bits per heavy atom. The van der Waals surface area contributed by atoms with Crippen LogP contribution in [0.15, 0.2) is 168 Å². The number of fused-ring (bicyclic) bond motifs is 7. The fourth-order valence-electron chi connectivity index (χ4n) is 7.24. The van der Waals surface area contributed by atoms with Crippen LogP contribution < -0.4 is 0 Å². The highest BCUT2D eigenvalue weighted by atomic mass is 16.3. The van der Waals surface area contributed by atoms with E-state index in [0.717, 1.165) is 49.6 Å². The van der Waals surface area contributed by atoms with Gasteiger partial charge in [-0.3, -0.25) is 0 Å². The lowest BCUT2D eigenvalue weighted by atomic mass is 9.89. The highest BCUT2D eigenvalue weighted by Crippen LogP contribution is 2.41. The van der Waals surface area contributed by atoms with Gasteiger partial charge in [0.2, 0.25) is 0 Å². The first-order chi connectivity index (χ1) is 24.3. The highest BCUT2D eigenvalue weighted by Gasteiger charge is 2.19. The third-order valence-electron chi connectivity index (χ3n) is 9.49. The summed E-state index contributed by atoms with van der Waals surface area (Å²) in [5.41, 5.74) is 6.72. The zero-order valence-corrected chi connectivity index (χ0v) is 26.3. The van der Waals surface area contributed by atoms with E-state index in [0.29, 0.717) is 17.5 Å². The molecule has 10 rings (SSSR count). The van der Waals surface area contributed by atoms with Gasteiger partial charge < -0.3 is 4.42 Å². The van der Waals surface area contributed by atoms with Crippen LogP contribution in [0, 0.1) is 0 Å². The van der Waals surface area contributed by atoms with Crippen LogP contribution in [0.25, 0.3) is 99.5 Å². The largest absolute Gasteiger partial charge is 0.456 e. The van der Waals surface area contributed by atoms with Crippen molar-refractivity contribution < 1.29 is 4.42 Å². The number of aromatic nitrogens is 3. The Hall–Kier alpha value is -6.65. The van der Waals surface area contributed by atoms with Crippen LogP contribution >= 0.6 is 0 Å². The van der Waals surface area contributed by atoms with Crippen LogP contribution in [0.2, 0.25) is 0 Å². The average Bonchev–Trinajstić information content (AvgIpc) is 3.56. The predicted molar refractivity (Wildman–Crippen MR) is 201 cm³/mol. The minimum absolute atomic E-state index is 0.604. The van der Waals surface area contributed by atoms with Gasteiger partial charge in [-0.05, 0) is 73.8 Å². The van der Waals surface area contributed by atoms with Gasteiger partial charge >= 0.3 is 0 Å². The molecule has 0 saturated heterocycles. The van der Waals surface area contributed by atoms with Crippen molar-refractivity contribution in [2.24, 2.45) is 0 Å². The molecular formula is C45H27N3O. The van der Waals surface area contributed by atoms with Crippen molar-refractivity contribution in [3.63, 3.8) is 0 Å². The fourth-order valence-corrected chi connectivity index (χ4v) is 7.24. The van der Waals surface area contributed by atoms with Crippen LogP contribution in [0.5, 0.6) is 0 Å². The van der Waals surface area contributed by atoms with E-state index in [4.69, 9.17) is 19.4 Å². The fraction of sp³-hybridized carbons (Fsp3) is 0. The number of nitrogens with zero attached hydrogens (tertiary/aromatic N) is 3. The Kier molecular flexibility index (Phi) is 6.15. The number of para-hydroxylation sites is 1. The summed E-state index contributed by atoms with van der Waals surface area (Å²) in [6, 6.07) is 57.0. The normalized spacial score (nSPS) is 11.7. The van der Waals surface area contributed by atoms with E-state index >= 15 is 0 Å². The van der Waals surface area contributed by atoms with E-state index in [1.165, 1.54) is 32.5 Å². The van der Waals surface area contributed by atoms with E-state index in [1.807, 2.05) is 60.7 Å². The zero-order valence-electron chi connectivity index (χ0n) is 26.3. The topological polar surface area (TPSA) is 51.8 Å². The zero-order chi connectivity index (χ0) is 32.3. The molecule has 0 aliphatic heterocycles. The van der Waals surface area contributed by atoms with Gasteiger partial charge in [-0.2, -0.15) is 0 Å². The summed E-state index contributed by atoms with van der Waals surface area (Å²) >= 11 is 0. The van der Waals surface area contributed by atoms with Crippen LogP contribution in [0.3, 0.4) is 0 Å². The molecular weight excluding hydrogens is 599 g/mol. The van der Waals surface area contributed by atoms with Gasteiger partial charge in [0.25, 0.3) is 0 Å². The summed E-state index contributed by atoms with van der Waals surface area (Å²) < 4.78 is 6.25. The SMILES string of the molecule is c1ccc(-c2nc(-c3cc(-c4cc5ccccc5c5ccccc45)c4ccccc4c3)nc(-c3cccc4oc5ccccc5c34)n2)cc1. The maximum absolute atomic E-state index is 6.25. The number of hydrogen-bond acceptors (Lipinski definition) is 4. The van der Waals surface area contributed by atoms with E-state index in [-0.39, 0.29) is 0 Å². The molecule has 0 atom stereocenters. The van der Waals surface area contributed by atoms with E-state index in [9.17, 15) is 0 Å². The molecule has 0 radical (unpaired) electrons. The lowest BCUT2D eigenvalue weighted by molar-refractivity contribution is 0.669. The standard InChI is InChI=1S/C45H27N3O/c1-2-13-28(14-3-1)43-46-44(48-45(47-43)37-22-12-24-41-42(37)36-21-10-11-23-40(36)49-41)31-25-29-15-4-7-18-33(29)38(27-31)39-26-30-16-5-6-17-32(30)34-19-8-9-20-35(34)39/h1-27H. The van der Waals surface area contributed by atoms with Crippen molar-refractivity contribution in [2.75, 3.05) is 0 Å². The van der Waals surface area contributed by atoms with Crippen molar-refractivity contribution in [3.05, 3.63) is 164 Å². The number of benzene rings is 8. The summed E-state index contributed by atoms with van der Waals surface area (Å²) in [6.07, 6.45) is 0. The average molecular weight is 626 g/mol. The predicted octanol–water partition coefficient (Wildman–Crippen LogP) is 11.9. The Morgan fingerprint density at radius 3 is 1.71 bits per heavy atom. The first-order valence-corrected chi connectivity index (χ1v) is 16.4. The van der Waals surface area contributed by atoms with Gasteiger partial charge in [-0.15, -0.1) is 0 Å². The lowest BCUT2D eigenvalue weighted by Gasteiger charge is -2.15. The van der Waals surface area contributed by atoms with E-state index < -0.39 is 0 Å². The minimum atomic E-state index is 0.604. The molecule has 0 fully saturated rings. The lowest BCUT2D eigenvalue weighted by Crippen LogP contribution is -2.01. The molecule has 0 aliphatic carbocycles. The van der Waals surface area contributed by atoms with Gasteiger partial charge in [-0.25, -0.2) is 15.0 Å². The van der Waals surface area contributed by atoms with Gasteiger partial charge in [-0.1, -0.05) is 133 Å². The summed E-state index contributed by atoms with van der Waals surface area (Å²) in [7, 11) is 0. The quantitative estimate of drug-likeness (QED) is 0.183. The van der Waals surface area contributed by atoms with Crippen LogP contribution in [0.1, 0.15) is 0 Å². The molecule has 0 spiro atoms. The minimum Gasteiger partial charge on any atom is -0.456 e. The summed E-state index contributed by atoms with van der Waals surface area (Å²) in [5, 5.41) is 9.24. The van der Waals surface area contributed by atoms with Crippen LogP contribution in [-0.2, 0) is 0 Å². The second-order valence-corrected chi connectivity index (χ2v) is 12.4. The molecule has 8 aromatic carbocycles. The van der Waals surface area contributed by atoms with Crippen LogP contribution in [0.4, 0.5) is 0 Å². The van der Waals surface area contributed by atoms with Crippen molar-refractivity contribution >= 4 is 54.3 Å². The monoisotopic (exact) mass is 625 g/mol. The number of rotatable bonds is 4. The Balaban J connectivity index is 1.27. The first kappa shape index (κ1) is 27.5. The summed E-state index contributed by atoms with van der Waals surface area (Å²) in [5.74, 6) is 1.84. The molecule has 4 heteroatoms. The Bertz CT molecular complexity index is 2890. The van der Waals surface area contributed by atoms with Crippen molar-refractivity contribution in [1.82, 2.24) is 15.0 Å². The van der Waals surface area contributed by atoms with Crippen molar-refractivity contribution in [2.45, 2.75) is 0 Å². The van der Waals surface area contributed by atoms with Crippen molar-refractivity contribution in [3.8, 4) is 45.3 Å². The van der Waals surface area contributed by atoms with Gasteiger partial charge in [0.15, 0.2) is 17.5 Å². The molecule has 228 valence electrons. The molecule has 0 saturated carbocycles. The Morgan fingerprint density at radius 2 is 0.898 bits per heavy atom. The molecule has 0 aliphatic rings. The molecule has 2 aromatic heterocycles. The molecule has 49 heavy (non-hydrogen) atoms. The molecule has 2 heterocycles. The first-order valence-electron chi connectivity index (χ1n) is 16.4. The third-order valence-corrected chi connectivity index (χ3v) is 9.49. The van der Waals surface area contributed by atoms with Gasteiger partial charge in [0.1, 0.15) is 11.2 Å². The Labute approximate surface area is 282 Å². The second-order valence-electron chi connectivity index (χ2n) is 12.4.